The Bertz CT molecular complexity index is 1220. The number of amides is 1. The first-order valence-electron chi connectivity index (χ1n) is 7.78. The highest BCUT2D eigenvalue weighted by Gasteiger charge is 2.16. The fourth-order valence-electron chi connectivity index (χ4n) is 2.78. The second kappa shape index (κ2) is 5.95. The van der Waals surface area contributed by atoms with Crippen molar-refractivity contribution in [3.63, 3.8) is 0 Å². The molecule has 0 saturated carbocycles. The lowest BCUT2D eigenvalue weighted by atomic mass is 10.2. The molecule has 3 heterocycles. The number of nitrogens with zero attached hydrogens (tertiary/aromatic N) is 4. The summed E-state index contributed by atoms with van der Waals surface area (Å²) in [5.74, 6) is 0.919. The van der Waals surface area contributed by atoms with Crippen LogP contribution in [0.4, 0.5) is 5.82 Å². The van der Waals surface area contributed by atoms with Crippen LogP contribution in [0.2, 0.25) is 0 Å². The maximum atomic E-state index is 12.8. The molecule has 1 N–H and O–H groups in total. The van der Waals surface area contributed by atoms with Crippen molar-refractivity contribution in [2.75, 3.05) is 12.4 Å². The number of methoxy groups -OCH3 is 1. The van der Waals surface area contributed by atoms with E-state index in [0.717, 1.165) is 16.7 Å². The smallest absolute Gasteiger partial charge is 0.295 e. The normalized spacial score (nSPS) is 11.2. The highest BCUT2D eigenvalue weighted by molar-refractivity contribution is 7.15. The van der Waals surface area contributed by atoms with Crippen molar-refractivity contribution in [3.05, 3.63) is 51.4 Å². The van der Waals surface area contributed by atoms with E-state index in [1.165, 1.54) is 15.9 Å². The van der Waals surface area contributed by atoms with Gasteiger partial charge in [-0.15, -0.1) is 11.3 Å². The topological polar surface area (TPSA) is 90.5 Å². The second-order valence-corrected chi connectivity index (χ2v) is 6.62. The molecule has 0 aliphatic carbocycles. The molecule has 4 rings (SSSR count). The third kappa shape index (κ3) is 2.53. The lowest BCUT2D eigenvalue weighted by molar-refractivity contribution is 0.101. The number of ether oxygens (including phenoxy) is 1. The Hall–Kier alpha value is -3.20. The van der Waals surface area contributed by atoms with Gasteiger partial charge in [0.2, 0.25) is 4.96 Å². The molecule has 3 aromatic heterocycles. The molecule has 132 valence electrons. The number of rotatable bonds is 3. The second-order valence-electron chi connectivity index (χ2n) is 5.79. The van der Waals surface area contributed by atoms with Crippen LogP contribution in [0.15, 0.2) is 34.4 Å². The zero-order chi connectivity index (χ0) is 18.4. The summed E-state index contributed by atoms with van der Waals surface area (Å²) in [6, 6.07) is 7.44. The minimum absolute atomic E-state index is 0.271. The van der Waals surface area contributed by atoms with E-state index in [0.29, 0.717) is 16.5 Å². The van der Waals surface area contributed by atoms with E-state index in [9.17, 15) is 9.59 Å². The zero-order valence-electron chi connectivity index (χ0n) is 14.3. The Morgan fingerprint density at radius 3 is 2.88 bits per heavy atom. The number of hydrogen-bond donors (Lipinski definition) is 1. The summed E-state index contributed by atoms with van der Waals surface area (Å²) < 4.78 is 8.51. The first-order chi connectivity index (χ1) is 12.5. The van der Waals surface area contributed by atoms with Crippen molar-refractivity contribution in [3.8, 4) is 5.75 Å². The van der Waals surface area contributed by atoms with Gasteiger partial charge in [0.05, 0.1) is 7.11 Å². The molecule has 0 unspecified atom stereocenters. The molecule has 8 nitrogen and oxygen atoms in total. The molecule has 0 bridgehead atoms. The van der Waals surface area contributed by atoms with Gasteiger partial charge in [-0.1, -0.05) is 0 Å². The van der Waals surface area contributed by atoms with Crippen LogP contribution < -0.4 is 15.6 Å². The number of benzene rings is 1. The van der Waals surface area contributed by atoms with E-state index < -0.39 is 0 Å². The van der Waals surface area contributed by atoms with E-state index in [2.05, 4.69) is 15.4 Å². The molecule has 26 heavy (non-hydrogen) atoms. The molecule has 0 aliphatic rings. The summed E-state index contributed by atoms with van der Waals surface area (Å²) in [6.07, 6.45) is 0. The highest BCUT2D eigenvalue weighted by atomic mass is 32.1. The minimum Gasteiger partial charge on any atom is -0.497 e. The van der Waals surface area contributed by atoms with Gasteiger partial charge >= 0.3 is 0 Å². The van der Waals surface area contributed by atoms with Crippen LogP contribution in [0.1, 0.15) is 16.2 Å². The largest absolute Gasteiger partial charge is 0.497 e. The van der Waals surface area contributed by atoms with Gasteiger partial charge in [-0.3, -0.25) is 9.59 Å². The number of anilines is 1. The first-order valence-corrected chi connectivity index (χ1v) is 8.66. The molecule has 1 aromatic carbocycles. The molecule has 9 heteroatoms. The van der Waals surface area contributed by atoms with Gasteiger partial charge in [-0.25, -0.2) is 0 Å². The molecule has 1 amide bonds. The van der Waals surface area contributed by atoms with Gasteiger partial charge in [0.15, 0.2) is 0 Å². The van der Waals surface area contributed by atoms with Gasteiger partial charge in [0, 0.05) is 23.3 Å². The number of carbonyl (C=O) groups is 1. The van der Waals surface area contributed by atoms with E-state index in [1.807, 2.05) is 29.8 Å². The van der Waals surface area contributed by atoms with Crippen LogP contribution in [0.5, 0.6) is 5.75 Å². The number of nitrogens with one attached hydrogen (secondary N) is 1. The van der Waals surface area contributed by atoms with Gasteiger partial charge in [-0.05, 0) is 31.2 Å². The highest BCUT2D eigenvalue weighted by Crippen LogP contribution is 2.25. The van der Waals surface area contributed by atoms with Gasteiger partial charge in [0.25, 0.3) is 11.5 Å². The Labute approximate surface area is 151 Å². The van der Waals surface area contributed by atoms with Crippen LogP contribution >= 0.6 is 11.3 Å². The summed E-state index contributed by atoms with van der Waals surface area (Å²) in [7, 11) is 3.43. The van der Waals surface area contributed by atoms with Crippen molar-refractivity contribution in [2.24, 2.45) is 7.05 Å². The fourth-order valence-corrected chi connectivity index (χ4v) is 3.53. The molecule has 4 aromatic rings. The number of fused-ring (bicyclic) bond motifs is 2. The molecule has 0 fully saturated rings. The Morgan fingerprint density at radius 1 is 1.31 bits per heavy atom. The molecular weight excluding hydrogens is 354 g/mol. The maximum absolute atomic E-state index is 12.8. The number of hydrogen-bond acceptors (Lipinski definition) is 6. The molecular formula is C17H15N5O3S. The lowest BCUT2D eigenvalue weighted by Gasteiger charge is -2.06. The Morgan fingerprint density at radius 2 is 2.12 bits per heavy atom. The Balaban J connectivity index is 1.73. The predicted octanol–water partition coefficient (Wildman–Crippen LogP) is 2.21. The van der Waals surface area contributed by atoms with Gasteiger partial charge in [0.1, 0.15) is 23.0 Å². The van der Waals surface area contributed by atoms with Crippen molar-refractivity contribution < 1.29 is 9.53 Å². The third-order valence-electron chi connectivity index (χ3n) is 4.17. The van der Waals surface area contributed by atoms with Gasteiger partial charge in [-0.2, -0.15) is 14.6 Å². The number of aromatic nitrogens is 4. The van der Waals surface area contributed by atoms with E-state index in [4.69, 9.17) is 4.74 Å². The molecule has 0 atom stereocenters. The molecule has 0 saturated heterocycles. The van der Waals surface area contributed by atoms with Crippen molar-refractivity contribution in [1.29, 1.82) is 0 Å². The van der Waals surface area contributed by atoms with E-state index >= 15 is 0 Å². The predicted molar refractivity (Wildman–Crippen MR) is 99.3 cm³/mol. The van der Waals surface area contributed by atoms with Crippen LogP contribution in [0, 0.1) is 6.92 Å². The lowest BCUT2D eigenvalue weighted by Crippen LogP contribution is -2.19. The summed E-state index contributed by atoms with van der Waals surface area (Å²) in [5, 5.41) is 9.63. The number of thiazole rings is 1. The van der Waals surface area contributed by atoms with Crippen molar-refractivity contribution in [2.45, 2.75) is 6.92 Å². The fraction of sp³-hybridized carbons (Fsp3) is 0.176. The van der Waals surface area contributed by atoms with E-state index in [-0.39, 0.29) is 17.2 Å². The summed E-state index contributed by atoms with van der Waals surface area (Å²) in [4.78, 5) is 28.7. The maximum Gasteiger partial charge on any atom is 0.295 e. The molecule has 0 radical (unpaired) electrons. The van der Waals surface area contributed by atoms with Gasteiger partial charge < -0.3 is 14.6 Å². The van der Waals surface area contributed by atoms with Crippen LogP contribution in [-0.2, 0) is 7.05 Å². The number of carbonyl (C=O) groups excluding carboxylic acids is 1. The van der Waals surface area contributed by atoms with Crippen molar-refractivity contribution >= 4 is 38.9 Å². The summed E-state index contributed by atoms with van der Waals surface area (Å²) >= 11 is 1.24. The SMILES string of the molecule is COc1ccc2c(c1)cc(C(=O)Nc1csc3nc(=O)c(C)nn13)n2C. The quantitative estimate of drug-likeness (QED) is 0.598. The van der Waals surface area contributed by atoms with E-state index in [1.54, 1.807) is 25.5 Å². The standard InChI is InChI=1S/C17H15N5O3S/c1-9-15(23)19-17-22(20-9)14(8-26-17)18-16(24)13-7-10-6-11(25-3)4-5-12(10)21(13)2/h4-8H,1-3H3,(H,18,24). The Kier molecular flexibility index (Phi) is 3.73. The molecule has 0 spiro atoms. The zero-order valence-corrected chi connectivity index (χ0v) is 15.1. The average Bonchev–Trinajstić information content (AvgIpc) is 3.16. The number of aryl methyl sites for hydroxylation is 2. The summed E-state index contributed by atoms with van der Waals surface area (Å²) in [6.45, 7) is 1.59. The molecule has 0 aliphatic heterocycles. The van der Waals surface area contributed by atoms with Crippen LogP contribution in [0.25, 0.3) is 15.9 Å². The summed E-state index contributed by atoms with van der Waals surface area (Å²) in [5.41, 5.74) is 1.32. The average molecular weight is 369 g/mol. The minimum atomic E-state index is -0.368. The van der Waals surface area contributed by atoms with Crippen molar-refractivity contribution in [1.82, 2.24) is 19.2 Å². The monoisotopic (exact) mass is 369 g/mol. The van der Waals surface area contributed by atoms with Crippen LogP contribution in [0.3, 0.4) is 0 Å². The van der Waals surface area contributed by atoms with Crippen LogP contribution in [-0.4, -0.2) is 32.2 Å². The first kappa shape index (κ1) is 16.3. The third-order valence-corrected chi connectivity index (χ3v) is 4.98.